The highest BCUT2D eigenvalue weighted by molar-refractivity contribution is 9.72. The van der Waals surface area contributed by atoms with Gasteiger partial charge < -0.3 is 4.74 Å². The minimum Gasteiger partial charge on any atom is -0.494 e. The van der Waals surface area contributed by atoms with Gasteiger partial charge in [0.1, 0.15) is 5.75 Å². The van der Waals surface area contributed by atoms with Gasteiger partial charge >= 0.3 is 0 Å². The second kappa shape index (κ2) is 10.1. The van der Waals surface area contributed by atoms with E-state index in [1.165, 1.54) is 37.7 Å². The van der Waals surface area contributed by atoms with E-state index in [1.54, 1.807) is 0 Å². The Labute approximate surface area is 172 Å². The lowest BCUT2D eigenvalue weighted by molar-refractivity contribution is 0.282. The van der Waals surface area contributed by atoms with E-state index >= 15 is 0 Å². The first kappa shape index (κ1) is 21.0. The summed E-state index contributed by atoms with van der Waals surface area (Å²) in [6.45, 7) is 5.47. The van der Waals surface area contributed by atoms with Crippen LogP contribution >= 0.6 is 45.9 Å². The molecule has 136 valence electrons. The molecule has 0 radical (unpaired) electrons. The van der Waals surface area contributed by atoms with E-state index in [4.69, 9.17) is 4.74 Å². The Kier molecular flexibility index (Phi) is 8.85. The highest BCUT2D eigenvalue weighted by Crippen LogP contribution is 2.38. The van der Waals surface area contributed by atoms with Crippen molar-refractivity contribution < 1.29 is 4.74 Å². The highest BCUT2D eigenvalue weighted by Gasteiger charge is 2.23. The fourth-order valence-electron chi connectivity index (χ4n) is 3.70. The quantitative estimate of drug-likeness (QED) is 0.185. The molecule has 0 aromatic heterocycles. The molecule has 5 heteroatoms. The molecule has 0 spiro atoms. The Balaban J connectivity index is 1.74. The van der Waals surface area contributed by atoms with Crippen LogP contribution in [0, 0.1) is 11.8 Å². The van der Waals surface area contributed by atoms with Crippen LogP contribution in [0.25, 0.3) is 0 Å². The molecule has 0 aliphatic heterocycles. The summed E-state index contributed by atoms with van der Waals surface area (Å²) in [6.07, 6.45) is 7.96. The molecule has 0 amide bonds. The Morgan fingerprint density at radius 3 is 2.21 bits per heavy atom. The van der Waals surface area contributed by atoms with Gasteiger partial charge in [0, 0.05) is 0 Å². The summed E-state index contributed by atoms with van der Waals surface area (Å²) in [5, 5.41) is 0. The van der Waals surface area contributed by atoms with E-state index in [2.05, 4.69) is 84.0 Å². The molecule has 1 aromatic rings. The Morgan fingerprint density at radius 2 is 1.67 bits per heavy atom. The van der Waals surface area contributed by atoms with Crippen molar-refractivity contribution in [1.82, 2.24) is 0 Å². The van der Waals surface area contributed by atoms with Gasteiger partial charge in [0.2, 0.25) is 0 Å². The predicted octanol–water partition coefficient (Wildman–Crippen LogP) is 7.90. The van der Waals surface area contributed by atoms with Crippen LogP contribution in [-0.2, 0) is 0 Å². The number of rotatable bonds is 8. The molecule has 24 heavy (non-hydrogen) atoms. The number of hydrogen-bond donors (Lipinski definition) is 0. The van der Waals surface area contributed by atoms with Crippen LogP contribution in [0.3, 0.4) is 0 Å². The monoisotopic (exact) mass is 538 g/mol. The van der Waals surface area contributed by atoms with Gasteiger partial charge in [-0.2, -0.15) is 0 Å². The van der Waals surface area contributed by atoms with Crippen molar-refractivity contribution in [3.63, 3.8) is 0 Å². The number of halogens is 3. The fourth-order valence-corrected chi connectivity index (χ4v) is 6.77. The van der Waals surface area contributed by atoms with E-state index < -0.39 is 3.93 Å². The van der Waals surface area contributed by atoms with Crippen molar-refractivity contribution in [2.75, 3.05) is 6.61 Å². The second-order valence-electron chi connectivity index (χ2n) is 7.48. The lowest BCUT2D eigenvalue weighted by atomic mass is 9.76. The number of ether oxygens (including phenoxy) is 1. The molecule has 0 N–H and O–H groups in total. The summed E-state index contributed by atoms with van der Waals surface area (Å²) in [5.41, 5.74) is 1.50. The summed E-state index contributed by atoms with van der Waals surface area (Å²) in [6, 6.07) is 9.96. The van der Waals surface area contributed by atoms with Gasteiger partial charge in [-0.05, 0) is 80.0 Å². The molecule has 1 nitrogen and oxygen atoms in total. The predicted molar refractivity (Wildman–Crippen MR) is 118 cm³/mol. The zero-order valence-electron chi connectivity index (χ0n) is 14.7. The van der Waals surface area contributed by atoms with Gasteiger partial charge in [-0.1, -0.05) is 71.9 Å². The van der Waals surface area contributed by atoms with Crippen molar-refractivity contribution >= 4 is 49.8 Å². The molecule has 1 aromatic carbocycles. The summed E-state index contributed by atoms with van der Waals surface area (Å²) in [4.78, 5) is 0. The largest absolute Gasteiger partial charge is 0.494 e. The van der Waals surface area contributed by atoms with Crippen molar-refractivity contribution in [3.8, 4) is 5.75 Å². The van der Waals surface area contributed by atoms with Crippen LogP contribution in [0.15, 0.2) is 24.3 Å². The molecule has 0 saturated heterocycles. The third kappa shape index (κ3) is 7.92. The van der Waals surface area contributed by atoms with Crippen LogP contribution in [0.2, 0.25) is 6.04 Å². The number of benzene rings is 1. The topological polar surface area (TPSA) is 9.23 Å². The maximum absolute atomic E-state index is 5.86. The van der Waals surface area contributed by atoms with Crippen LogP contribution in [0.1, 0.15) is 63.9 Å². The third-order valence-electron chi connectivity index (χ3n) is 4.88. The molecular formula is C19H29Br3OSi. The minimum atomic E-state index is -1.49. The van der Waals surface area contributed by atoms with Gasteiger partial charge in [-0.25, -0.2) is 0 Å². The van der Waals surface area contributed by atoms with Crippen LogP contribution in [0.4, 0.5) is 0 Å². The van der Waals surface area contributed by atoms with Crippen molar-refractivity contribution in [2.24, 2.45) is 11.8 Å². The summed E-state index contributed by atoms with van der Waals surface area (Å²) < 4.78 is 4.38. The lowest BCUT2D eigenvalue weighted by Gasteiger charge is -2.29. The molecule has 1 saturated carbocycles. The first-order chi connectivity index (χ1) is 11.3. The molecular weight excluding hydrogens is 512 g/mol. The van der Waals surface area contributed by atoms with Crippen molar-refractivity contribution in [2.45, 2.75) is 64.3 Å². The fraction of sp³-hybridized carbons (Fsp3) is 0.684. The minimum absolute atomic E-state index is 0.754. The van der Waals surface area contributed by atoms with E-state index in [1.807, 2.05) is 0 Å². The first-order valence-corrected chi connectivity index (χ1v) is 18.1. The second-order valence-corrected chi connectivity index (χ2v) is 31.0. The Bertz CT molecular complexity index is 476. The zero-order chi connectivity index (χ0) is 17.6. The third-order valence-corrected chi connectivity index (χ3v) is 9.37. The van der Waals surface area contributed by atoms with E-state index in [-0.39, 0.29) is 0 Å². The Hall–Kier alpha value is 0.677. The van der Waals surface area contributed by atoms with Gasteiger partial charge in [0.25, 0.3) is 3.93 Å². The van der Waals surface area contributed by atoms with E-state index in [0.717, 1.165) is 42.6 Å². The standard InChI is InChI=1S/C19H29Br3OSi/c1-15(2)14-16-4-6-17(7-5-16)18-8-10-19(11-9-18)23-12-3-13-24(20,21)22/h8-11,15-17H,3-7,12-14H2,1-2H3/t16-,17-. The summed E-state index contributed by atoms with van der Waals surface area (Å²) in [7, 11) is 0. The zero-order valence-corrected chi connectivity index (χ0v) is 20.5. The van der Waals surface area contributed by atoms with Gasteiger partial charge in [0.15, 0.2) is 0 Å². The van der Waals surface area contributed by atoms with Gasteiger partial charge in [-0.15, -0.1) is 0 Å². The normalized spacial score (nSPS) is 21.9. The van der Waals surface area contributed by atoms with Crippen molar-refractivity contribution in [1.29, 1.82) is 0 Å². The van der Waals surface area contributed by atoms with Crippen LogP contribution in [-0.4, -0.2) is 10.5 Å². The maximum Gasteiger partial charge on any atom is 0.267 e. The van der Waals surface area contributed by atoms with Gasteiger partial charge in [0.05, 0.1) is 6.61 Å². The smallest absolute Gasteiger partial charge is 0.267 e. The first-order valence-electron chi connectivity index (χ1n) is 9.13. The maximum atomic E-state index is 5.86. The molecule has 2 rings (SSSR count). The average molecular weight is 541 g/mol. The molecule has 0 bridgehead atoms. The summed E-state index contributed by atoms with van der Waals surface area (Å²) in [5.74, 6) is 3.55. The van der Waals surface area contributed by atoms with E-state index in [9.17, 15) is 0 Å². The molecule has 1 aliphatic carbocycles. The molecule has 1 fully saturated rings. The average Bonchev–Trinajstić information content (AvgIpc) is 2.52. The molecule has 1 aliphatic rings. The molecule has 0 atom stereocenters. The van der Waals surface area contributed by atoms with Crippen LogP contribution < -0.4 is 4.74 Å². The number of hydrogen-bond acceptors (Lipinski definition) is 1. The van der Waals surface area contributed by atoms with Gasteiger partial charge in [-0.3, -0.25) is 0 Å². The van der Waals surface area contributed by atoms with Crippen LogP contribution in [0.5, 0.6) is 5.75 Å². The summed E-state index contributed by atoms with van der Waals surface area (Å²) >= 11 is 11.0. The Morgan fingerprint density at radius 1 is 1.04 bits per heavy atom. The molecule has 0 heterocycles. The SMILES string of the molecule is CC(C)C[C@H]1CC[C@H](c2ccc(OCCC[Si](Br)(Br)Br)cc2)CC1. The lowest BCUT2D eigenvalue weighted by Crippen LogP contribution is -2.15. The highest BCUT2D eigenvalue weighted by atomic mass is 80.0. The molecule has 0 unspecified atom stereocenters. The van der Waals surface area contributed by atoms with Crippen molar-refractivity contribution in [3.05, 3.63) is 29.8 Å². The van der Waals surface area contributed by atoms with E-state index in [0.29, 0.717) is 0 Å².